The Hall–Kier alpha value is -3.49. The minimum atomic E-state index is -4.64. The minimum Gasteiger partial charge on any atom is -0.507 e. The Morgan fingerprint density at radius 2 is 1.82 bits per heavy atom. The highest BCUT2D eigenvalue weighted by Crippen LogP contribution is 2.45. The Balaban J connectivity index is 2.06. The second-order valence-electron chi connectivity index (χ2n) is 6.42. The monoisotopic (exact) mass is 389 g/mol. The van der Waals surface area contributed by atoms with Crippen LogP contribution in [0.4, 0.5) is 13.2 Å². The average Bonchev–Trinajstić information content (AvgIpc) is 3.16. The van der Waals surface area contributed by atoms with Crippen LogP contribution in [0.15, 0.2) is 41.1 Å². The largest absolute Gasteiger partial charge is 0.507 e. The van der Waals surface area contributed by atoms with E-state index in [-0.39, 0.29) is 11.1 Å². The van der Waals surface area contributed by atoms with E-state index in [0.717, 1.165) is 6.07 Å². The third-order valence-corrected chi connectivity index (χ3v) is 4.59. The zero-order valence-corrected chi connectivity index (χ0v) is 14.7. The molecule has 0 saturated heterocycles. The summed E-state index contributed by atoms with van der Waals surface area (Å²) in [5, 5.41) is 28.2. The molecule has 0 atom stereocenters. The third kappa shape index (κ3) is 2.75. The number of hydrogen-bond acceptors (Lipinski definition) is 5. The number of aryl methyl sites for hydroxylation is 2. The summed E-state index contributed by atoms with van der Waals surface area (Å²) in [5.41, 5.74) is 1.07. The van der Waals surface area contributed by atoms with Crippen LogP contribution in [0.2, 0.25) is 0 Å². The van der Waals surface area contributed by atoms with Crippen LogP contribution in [0.1, 0.15) is 17.0 Å². The first kappa shape index (κ1) is 17.9. The van der Waals surface area contributed by atoms with Gasteiger partial charge >= 0.3 is 6.18 Å². The van der Waals surface area contributed by atoms with Gasteiger partial charge in [-0.25, -0.2) is 0 Å². The van der Waals surface area contributed by atoms with E-state index in [1.807, 2.05) is 0 Å². The van der Waals surface area contributed by atoms with Gasteiger partial charge in [0.2, 0.25) is 0 Å². The molecule has 0 bridgehead atoms. The summed E-state index contributed by atoms with van der Waals surface area (Å²) in [5.74, 6) is -0.157. The van der Waals surface area contributed by atoms with E-state index < -0.39 is 17.5 Å². The second-order valence-corrected chi connectivity index (χ2v) is 6.42. The van der Waals surface area contributed by atoms with E-state index >= 15 is 0 Å². The molecule has 2 N–H and O–H groups in total. The number of aromatic nitrogens is 3. The summed E-state index contributed by atoms with van der Waals surface area (Å²) in [7, 11) is 0. The fourth-order valence-electron chi connectivity index (χ4n) is 3.31. The van der Waals surface area contributed by atoms with Gasteiger partial charge in [0.05, 0.1) is 23.0 Å². The number of phenols is 1. The van der Waals surface area contributed by atoms with Gasteiger partial charge in [-0.05, 0) is 49.2 Å². The van der Waals surface area contributed by atoms with Gasteiger partial charge < -0.3 is 14.8 Å². The lowest BCUT2D eigenvalue weighted by Gasteiger charge is -2.16. The molecule has 0 spiro atoms. The summed E-state index contributed by atoms with van der Waals surface area (Å²) in [6, 6.07) is 6.34. The molecule has 2 aromatic carbocycles. The molecule has 0 amide bonds. The summed E-state index contributed by atoms with van der Waals surface area (Å²) >= 11 is 0. The summed E-state index contributed by atoms with van der Waals surface area (Å²) in [6.07, 6.45) is -3.24. The van der Waals surface area contributed by atoms with E-state index in [9.17, 15) is 23.5 Å². The molecule has 144 valence electrons. The third-order valence-electron chi connectivity index (χ3n) is 4.59. The number of fused-ring (bicyclic) bond motifs is 1. The molecule has 0 saturated carbocycles. The Morgan fingerprint density at radius 1 is 1.07 bits per heavy atom. The highest BCUT2D eigenvalue weighted by Gasteiger charge is 2.33. The quantitative estimate of drug-likeness (QED) is 0.475. The van der Waals surface area contributed by atoms with Crippen molar-refractivity contribution in [1.82, 2.24) is 15.1 Å². The van der Waals surface area contributed by atoms with Crippen LogP contribution >= 0.6 is 0 Å². The molecule has 2 aromatic heterocycles. The van der Waals surface area contributed by atoms with Crippen LogP contribution in [-0.4, -0.2) is 25.4 Å². The molecular weight excluding hydrogens is 375 g/mol. The lowest BCUT2D eigenvalue weighted by atomic mass is 9.90. The van der Waals surface area contributed by atoms with Crippen LogP contribution < -0.4 is 0 Å². The zero-order chi connectivity index (χ0) is 20.2. The van der Waals surface area contributed by atoms with Gasteiger partial charge in [-0.1, -0.05) is 11.2 Å². The molecule has 4 aromatic rings. The SMILES string of the molecule is Cc1noc(C)c1-c1c(O)cc(C(F)(F)F)cc1-c1ccc2c(cnn2O)c1. The van der Waals surface area contributed by atoms with Gasteiger partial charge in [-0.3, -0.25) is 0 Å². The van der Waals surface area contributed by atoms with Crippen molar-refractivity contribution >= 4 is 10.9 Å². The first-order valence-corrected chi connectivity index (χ1v) is 8.21. The molecule has 0 aliphatic carbocycles. The Bertz CT molecular complexity index is 1190. The van der Waals surface area contributed by atoms with Crippen LogP contribution in [0.5, 0.6) is 5.75 Å². The highest BCUT2D eigenvalue weighted by molar-refractivity contribution is 5.93. The Labute approximate surface area is 156 Å². The van der Waals surface area contributed by atoms with E-state index in [1.54, 1.807) is 26.0 Å². The van der Waals surface area contributed by atoms with E-state index in [2.05, 4.69) is 10.3 Å². The van der Waals surface area contributed by atoms with Gasteiger partial charge in [-0.2, -0.15) is 13.2 Å². The number of benzene rings is 2. The Morgan fingerprint density at radius 3 is 2.46 bits per heavy atom. The van der Waals surface area contributed by atoms with Crippen molar-refractivity contribution in [2.24, 2.45) is 0 Å². The highest BCUT2D eigenvalue weighted by atomic mass is 19.4. The lowest BCUT2D eigenvalue weighted by molar-refractivity contribution is -0.137. The molecule has 0 unspecified atom stereocenters. The first-order valence-electron chi connectivity index (χ1n) is 8.21. The molecule has 6 nitrogen and oxygen atoms in total. The number of phenolic OH excluding ortho intramolecular Hbond substituents is 1. The van der Waals surface area contributed by atoms with Crippen LogP contribution in [0, 0.1) is 13.8 Å². The predicted octanol–water partition coefficient (Wildman–Crippen LogP) is 4.94. The van der Waals surface area contributed by atoms with Crippen molar-refractivity contribution in [1.29, 1.82) is 0 Å². The van der Waals surface area contributed by atoms with Crippen molar-refractivity contribution < 1.29 is 28.0 Å². The fraction of sp³-hybridized carbons (Fsp3) is 0.158. The Kier molecular flexibility index (Phi) is 3.84. The number of nitrogens with zero attached hydrogens (tertiary/aromatic N) is 3. The lowest BCUT2D eigenvalue weighted by Crippen LogP contribution is -2.05. The van der Waals surface area contributed by atoms with Crippen molar-refractivity contribution in [3.63, 3.8) is 0 Å². The summed E-state index contributed by atoms with van der Waals surface area (Å²) in [4.78, 5) is 0.678. The van der Waals surface area contributed by atoms with Gasteiger partial charge in [-0.15, -0.1) is 9.94 Å². The van der Waals surface area contributed by atoms with Crippen LogP contribution in [0.25, 0.3) is 33.2 Å². The number of aromatic hydroxyl groups is 1. The van der Waals surface area contributed by atoms with Gasteiger partial charge in [0, 0.05) is 10.9 Å². The predicted molar refractivity (Wildman–Crippen MR) is 94.0 cm³/mol. The van der Waals surface area contributed by atoms with Crippen LogP contribution in [-0.2, 0) is 6.18 Å². The van der Waals surface area contributed by atoms with Gasteiger partial charge in [0.1, 0.15) is 17.0 Å². The van der Waals surface area contributed by atoms with Crippen molar-refractivity contribution in [2.75, 3.05) is 0 Å². The minimum absolute atomic E-state index is 0.161. The molecule has 28 heavy (non-hydrogen) atoms. The maximum absolute atomic E-state index is 13.4. The normalized spacial score (nSPS) is 12.0. The zero-order valence-electron chi connectivity index (χ0n) is 14.7. The molecule has 0 aliphatic rings. The molecule has 0 radical (unpaired) electrons. The van der Waals surface area contributed by atoms with Gasteiger partial charge in [0.25, 0.3) is 0 Å². The number of alkyl halides is 3. The van der Waals surface area contributed by atoms with Crippen LogP contribution in [0.3, 0.4) is 0 Å². The van der Waals surface area contributed by atoms with Crippen molar-refractivity contribution in [3.05, 3.63) is 53.5 Å². The van der Waals surface area contributed by atoms with E-state index in [0.29, 0.717) is 44.4 Å². The van der Waals surface area contributed by atoms with Crippen molar-refractivity contribution in [3.8, 4) is 28.0 Å². The number of rotatable bonds is 2. The topological polar surface area (TPSA) is 84.3 Å². The smallest absolute Gasteiger partial charge is 0.416 e. The fourth-order valence-corrected chi connectivity index (χ4v) is 3.31. The van der Waals surface area contributed by atoms with Gasteiger partial charge in [0.15, 0.2) is 0 Å². The maximum atomic E-state index is 13.4. The second kappa shape index (κ2) is 6.01. The maximum Gasteiger partial charge on any atom is 0.416 e. The van der Waals surface area contributed by atoms with E-state index in [4.69, 9.17) is 4.52 Å². The summed E-state index contributed by atoms with van der Waals surface area (Å²) < 4.78 is 45.2. The standard InChI is InChI=1S/C19H14F3N3O3/c1-9-17(10(2)28-24-9)18-14(6-13(7-16(18)26)19(20,21)22)11-3-4-15-12(5-11)8-23-25(15)27/h3-8,26-27H,1-2H3. The molecule has 4 rings (SSSR count). The molecule has 2 heterocycles. The number of halogens is 3. The molecular formula is C19H14F3N3O3. The first-order chi connectivity index (χ1) is 13.2. The summed E-state index contributed by atoms with van der Waals surface area (Å²) in [6.45, 7) is 3.26. The molecule has 0 aliphatic heterocycles. The molecule has 9 heteroatoms. The number of hydrogen-bond donors (Lipinski definition) is 2. The van der Waals surface area contributed by atoms with Crippen molar-refractivity contribution in [2.45, 2.75) is 20.0 Å². The molecule has 0 fully saturated rings. The average molecular weight is 389 g/mol. The van der Waals surface area contributed by atoms with E-state index in [1.165, 1.54) is 12.3 Å².